The van der Waals surface area contributed by atoms with Crippen molar-refractivity contribution in [2.24, 2.45) is 5.73 Å². The van der Waals surface area contributed by atoms with Gasteiger partial charge in [0.1, 0.15) is 12.6 Å². The van der Waals surface area contributed by atoms with Crippen LogP contribution < -0.4 is 11.1 Å². The van der Waals surface area contributed by atoms with Crippen LogP contribution in [-0.2, 0) is 20.9 Å². The van der Waals surface area contributed by atoms with Gasteiger partial charge in [-0.15, -0.1) is 0 Å². The molecule has 0 radical (unpaired) electrons. The number of nitrogens with two attached hydrogens (primary N) is 1. The quantitative estimate of drug-likeness (QED) is 0.615. The molecule has 22 heavy (non-hydrogen) atoms. The van der Waals surface area contributed by atoms with E-state index in [1.165, 1.54) is 0 Å². The zero-order valence-corrected chi connectivity index (χ0v) is 13.2. The van der Waals surface area contributed by atoms with Crippen LogP contribution in [0.2, 0.25) is 0 Å². The van der Waals surface area contributed by atoms with Crippen LogP contribution in [0, 0.1) is 0 Å². The van der Waals surface area contributed by atoms with Crippen LogP contribution >= 0.6 is 0 Å². The Morgan fingerprint density at radius 2 is 1.91 bits per heavy atom. The minimum absolute atomic E-state index is 0.0758. The van der Waals surface area contributed by atoms with Crippen molar-refractivity contribution in [1.82, 2.24) is 5.32 Å². The van der Waals surface area contributed by atoms with Gasteiger partial charge in [0.05, 0.1) is 6.61 Å². The van der Waals surface area contributed by atoms with Gasteiger partial charge in [-0.1, -0.05) is 62.9 Å². The maximum absolute atomic E-state index is 11.8. The van der Waals surface area contributed by atoms with E-state index in [1.807, 2.05) is 30.3 Å². The van der Waals surface area contributed by atoms with Gasteiger partial charge in [0.15, 0.2) is 0 Å². The van der Waals surface area contributed by atoms with E-state index in [1.54, 1.807) is 0 Å². The highest BCUT2D eigenvalue weighted by Crippen LogP contribution is 2.06. The molecule has 1 aromatic rings. The number of nitrogens with one attached hydrogen (secondary N) is 1. The zero-order valence-electron chi connectivity index (χ0n) is 13.2. The smallest absolute Gasteiger partial charge is 0.246 e. The van der Waals surface area contributed by atoms with E-state index in [4.69, 9.17) is 10.5 Å². The normalized spacial score (nSPS) is 11.9. The Morgan fingerprint density at radius 3 is 2.55 bits per heavy atom. The molecule has 0 saturated carbocycles. The SMILES string of the molecule is CCCCCC[C@H](NC(=O)COCc1ccccc1)C(N)=O. The Labute approximate surface area is 132 Å². The van der Waals surface area contributed by atoms with Gasteiger partial charge in [-0.3, -0.25) is 9.59 Å². The van der Waals surface area contributed by atoms with Gasteiger partial charge in [0.2, 0.25) is 11.8 Å². The van der Waals surface area contributed by atoms with Crippen LogP contribution in [0.3, 0.4) is 0 Å². The van der Waals surface area contributed by atoms with Crippen molar-refractivity contribution in [3.8, 4) is 0 Å². The third kappa shape index (κ3) is 7.78. The number of benzene rings is 1. The minimum atomic E-state index is -0.607. The van der Waals surface area contributed by atoms with E-state index >= 15 is 0 Å². The summed E-state index contributed by atoms with van der Waals surface area (Å²) >= 11 is 0. The lowest BCUT2D eigenvalue weighted by Crippen LogP contribution is -2.45. The van der Waals surface area contributed by atoms with Crippen molar-refractivity contribution in [2.75, 3.05) is 6.61 Å². The average molecular weight is 306 g/mol. The summed E-state index contributed by atoms with van der Waals surface area (Å²) in [7, 11) is 0. The van der Waals surface area contributed by atoms with Crippen molar-refractivity contribution in [3.05, 3.63) is 35.9 Å². The molecule has 0 aliphatic rings. The maximum atomic E-state index is 11.8. The number of carbonyl (C=O) groups is 2. The number of hydrogen-bond donors (Lipinski definition) is 2. The van der Waals surface area contributed by atoms with Crippen molar-refractivity contribution >= 4 is 11.8 Å². The highest BCUT2D eigenvalue weighted by molar-refractivity contribution is 5.86. The van der Waals surface area contributed by atoms with Gasteiger partial charge >= 0.3 is 0 Å². The standard InChI is InChI=1S/C17H26N2O3/c1-2-3-4-8-11-15(17(18)21)19-16(20)13-22-12-14-9-6-5-7-10-14/h5-7,9-10,15H,2-4,8,11-13H2,1H3,(H2,18,21)(H,19,20)/t15-/m0/s1. The molecule has 0 fully saturated rings. The van der Waals surface area contributed by atoms with Crippen molar-refractivity contribution in [3.63, 3.8) is 0 Å². The monoisotopic (exact) mass is 306 g/mol. The second-order valence-corrected chi connectivity index (χ2v) is 5.35. The molecule has 122 valence electrons. The molecule has 0 spiro atoms. The number of ether oxygens (including phenoxy) is 1. The topological polar surface area (TPSA) is 81.4 Å². The van der Waals surface area contributed by atoms with E-state index < -0.39 is 11.9 Å². The third-order valence-electron chi connectivity index (χ3n) is 3.37. The maximum Gasteiger partial charge on any atom is 0.246 e. The lowest BCUT2D eigenvalue weighted by Gasteiger charge is -2.15. The zero-order chi connectivity index (χ0) is 16.2. The number of primary amides is 1. The molecule has 0 aliphatic heterocycles. The van der Waals surface area contributed by atoms with Gasteiger partial charge in [-0.05, 0) is 12.0 Å². The number of hydrogen-bond acceptors (Lipinski definition) is 3. The molecular weight excluding hydrogens is 280 g/mol. The predicted octanol–water partition coefficient (Wildman–Crippen LogP) is 2.14. The Bertz CT molecular complexity index is 448. The Kier molecular flexibility index (Phi) is 8.91. The summed E-state index contributed by atoms with van der Waals surface area (Å²) in [5.41, 5.74) is 6.33. The summed E-state index contributed by atoms with van der Waals surface area (Å²) < 4.78 is 5.34. The fourth-order valence-corrected chi connectivity index (χ4v) is 2.13. The van der Waals surface area contributed by atoms with Crippen LogP contribution in [0.1, 0.15) is 44.6 Å². The lowest BCUT2D eigenvalue weighted by atomic mass is 10.1. The van der Waals surface area contributed by atoms with Gasteiger partial charge in [0.25, 0.3) is 0 Å². The summed E-state index contributed by atoms with van der Waals surface area (Å²) in [6.45, 7) is 2.41. The molecule has 1 rings (SSSR count). The largest absolute Gasteiger partial charge is 0.368 e. The fourth-order valence-electron chi connectivity index (χ4n) is 2.13. The van der Waals surface area contributed by atoms with Crippen LogP contribution in [0.15, 0.2) is 30.3 Å². The Balaban J connectivity index is 2.26. The number of unbranched alkanes of at least 4 members (excludes halogenated alkanes) is 3. The molecule has 5 nitrogen and oxygen atoms in total. The number of carbonyl (C=O) groups excluding carboxylic acids is 2. The van der Waals surface area contributed by atoms with Gasteiger partial charge < -0.3 is 15.8 Å². The third-order valence-corrected chi connectivity index (χ3v) is 3.37. The van der Waals surface area contributed by atoms with Crippen molar-refractivity contribution < 1.29 is 14.3 Å². The summed E-state index contributed by atoms with van der Waals surface area (Å²) in [4.78, 5) is 23.2. The molecule has 1 aromatic carbocycles. The molecule has 0 heterocycles. The fraction of sp³-hybridized carbons (Fsp3) is 0.529. The Hall–Kier alpha value is -1.88. The molecule has 2 amide bonds. The lowest BCUT2D eigenvalue weighted by molar-refractivity contribution is -0.130. The molecule has 0 aliphatic carbocycles. The molecule has 5 heteroatoms. The molecule has 0 saturated heterocycles. The minimum Gasteiger partial charge on any atom is -0.368 e. The van der Waals surface area contributed by atoms with Crippen LogP contribution in [0.5, 0.6) is 0 Å². The average Bonchev–Trinajstić information content (AvgIpc) is 2.51. The molecule has 0 unspecified atom stereocenters. The van der Waals surface area contributed by atoms with Crippen LogP contribution in [0.25, 0.3) is 0 Å². The molecule has 3 N–H and O–H groups in total. The predicted molar refractivity (Wildman–Crippen MR) is 86.0 cm³/mol. The first kappa shape index (κ1) is 18.2. The highest BCUT2D eigenvalue weighted by Gasteiger charge is 2.17. The molecule has 1 atom stereocenters. The number of rotatable bonds is 11. The van der Waals surface area contributed by atoms with E-state index in [0.717, 1.165) is 31.2 Å². The van der Waals surface area contributed by atoms with Crippen molar-refractivity contribution in [2.45, 2.75) is 51.7 Å². The van der Waals surface area contributed by atoms with E-state index in [9.17, 15) is 9.59 Å². The first-order valence-corrected chi connectivity index (χ1v) is 7.83. The second-order valence-electron chi connectivity index (χ2n) is 5.35. The van der Waals surface area contributed by atoms with Gasteiger partial charge in [0, 0.05) is 0 Å². The summed E-state index contributed by atoms with van der Waals surface area (Å²) in [6, 6.07) is 9.00. The molecule has 0 bridgehead atoms. The van der Waals surface area contributed by atoms with E-state index in [0.29, 0.717) is 13.0 Å². The summed E-state index contributed by atoms with van der Waals surface area (Å²) in [6.07, 6.45) is 4.76. The van der Waals surface area contributed by atoms with Gasteiger partial charge in [-0.25, -0.2) is 0 Å². The Morgan fingerprint density at radius 1 is 1.18 bits per heavy atom. The van der Waals surface area contributed by atoms with E-state index in [-0.39, 0.29) is 12.5 Å². The highest BCUT2D eigenvalue weighted by atomic mass is 16.5. The van der Waals surface area contributed by atoms with E-state index in [2.05, 4.69) is 12.2 Å². The van der Waals surface area contributed by atoms with Crippen LogP contribution in [-0.4, -0.2) is 24.5 Å². The first-order chi connectivity index (χ1) is 10.6. The summed E-state index contributed by atoms with van der Waals surface area (Å²) in [5.74, 6) is -0.803. The second kappa shape index (κ2) is 10.8. The summed E-state index contributed by atoms with van der Waals surface area (Å²) in [5, 5.41) is 2.64. The molecule has 0 aromatic heterocycles. The van der Waals surface area contributed by atoms with Crippen LogP contribution in [0.4, 0.5) is 0 Å². The first-order valence-electron chi connectivity index (χ1n) is 7.83. The van der Waals surface area contributed by atoms with Crippen molar-refractivity contribution in [1.29, 1.82) is 0 Å². The number of amides is 2. The molecular formula is C17H26N2O3. The van der Waals surface area contributed by atoms with Gasteiger partial charge in [-0.2, -0.15) is 0 Å².